The maximum Gasteiger partial charge on any atom is 0.703 e. The third kappa shape index (κ3) is 10.7. The van der Waals surface area contributed by atoms with Crippen molar-refractivity contribution >= 4 is 8.25 Å². The Morgan fingerprint density at radius 3 is 1.12 bits per heavy atom. The van der Waals surface area contributed by atoms with E-state index in [0.29, 0.717) is 25.7 Å². The van der Waals surface area contributed by atoms with Crippen LogP contribution in [0, 0.1) is 0 Å². The highest BCUT2D eigenvalue weighted by Crippen LogP contribution is 2.41. The molecule has 0 amide bonds. The average Bonchev–Trinajstić information content (AvgIpc) is 2.54. The molecule has 0 aromatic carbocycles. The van der Waals surface area contributed by atoms with Gasteiger partial charge < -0.3 is 10.2 Å². The van der Waals surface area contributed by atoms with Crippen LogP contribution in [0.25, 0.3) is 0 Å². The lowest BCUT2D eigenvalue weighted by atomic mass is 10.0. The van der Waals surface area contributed by atoms with Crippen molar-refractivity contribution in [1.29, 1.82) is 0 Å². The van der Waals surface area contributed by atoms with Crippen molar-refractivity contribution in [3.63, 3.8) is 0 Å². The van der Waals surface area contributed by atoms with Crippen molar-refractivity contribution in [1.82, 2.24) is 0 Å². The van der Waals surface area contributed by atoms with Gasteiger partial charge >= 0.3 is 8.25 Å². The van der Waals surface area contributed by atoms with Gasteiger partial charge in [0.1, 0.15) is 0 Å². The van der Waals surface area contributed by atoms with Gasteiger partial charge in [-0.15, -0.1) is 0 Å². The summed E-state index contributed by atoms with van der Waals surface area (Å²) < 4.78 is 23.1. The van der Waals surface area contributed by atoms with Crippen molar-refractivity contribution in [3.05, 3.63) is 0 Å². The minimum atomic E-state index is -2.57. The van der Waals surface area contributed by atoms with Gasteiger partial charge in [0.15, 0.2) is 0 Å². The molecular formula is C18H38O5P+. The van der Waals surface area contributed by atoms with E-state index >= 15 is 0 Å². The summed E-state index contributed by atoms with van der Waals surface area (Å²) in [6.07, 6.45) is 8.56. The molecule has 0 bridgehead atoms. The number of aliphatic hydroxyl groups is 2. The van der Waals surface area contributed by atoms with Crippen molar-refractivity contribution in [2.24, 2.45) is 0 Å². The molecule has 0 heterocycles. The summed E-state index contributed by atoms with van der Waals surface area (Å²) in [5.74, 6) is -2.87. The zero-order chi connectivity index (χ0) is 18.5. The van der Waals surface area contributed by atoms with Crippen LogP contribution in [0.5, 0.6) is 0 Å². The van der Waals surface area contributed by atoms with Crippen LogP contribution in [0.15, 0.2) is 0 Å². The molecule has 144 valence electrons. The van der Waals surface area contributed by atoms with Crippen LogP contribution in [-0.4, -0.2) is 21.8 Å². The number of hydrogen-bond donors (Lipinski definition) is 2. The zero-order valence-corrected chi connectivity index (χ0v) is 16.9. The van der Waals surface area contributed by atoms with Crippen LogP contribution < -0.4 is 0 Å². The van der Waals surface area contributed by atoms with Crippen molar-refractivity contribution in [2.45, 2.75) is 116 Å². The molecule has 0 aliphatic rings. The molecule has 2 N–H and O–H groups in total. The molecule has 0 saturated heterocycles. The van der Waals surface area contributed by atoms with Gasteiger partial charge in [-0.05, 0) is 25.7 Å². The second-order valence-corrected chi connectivity index (χ2v) is 7.53. The number of hydrogen-bond acceptors (Lipinski definition) is 5. The Bertz CT molecular complexity index is 289. The topological polar surface area (TPSA) is 76.0 Å². The number of rotatable bonds is 16. The summed E-state index contributed by atoms with van der Waals surface area (Å²) in [7, 11) is -2.57. The van der Waals surface area contributed by atoms with Crippen molar-refractivity contribution < 1.29 is 23.8 Å². The van der Waals surface area contributed by atoms with Gasteiger partial charge in [0.2, 0.25) is 11.6 Å². The Balaban J connectivity index is 4.78. The van der Waals surface area contributed by atoms with E-state index in [4.69, 9.17) is 9.05 Å². The Morgan fingerprint density at radius 2 is 0.917 bits per heavy atom. The molecule has 5 nitrogen and oxygen atoms in total. The van der Waals surface area contributed by atoms with Crippen LogP contribution in [0.4, 0.5) is 0 Å². The largest absolute Gasteiger partial charge is 0.703 e. The normalized spacial score (nSPS) is 12.6. The molecule has 0 radical (unpaired) electrons. The summed E-state index contributed by atoms with van der Waals surface area (Å²) in [5.41, 5.74) is 0. The molecule has 0 spiro atoms. The fourth-order valence-corrected chi connectivity index (χ4v) is 3.50. The standard InChI is InChI=1S/C18H38O5P/c1-5-9-13-17(19,14-10-6-2)22-24(21)23-18(20,15-11-7-3)16-12-8-4/h19-20H,5-16H2,1-4H3/q+1. The average molecular weight is 365 g/mol. The molecule has 0 aliphatic heterocycles. The third-order valence-electron chi connectivity index (χ3n) is 4.17. The van der Waals surface area contributed by atoms with Crippen molar-refractivity contribution in [3.8, 4) is 0 Å². The van der Waals surface area contributed by atoms with E-state index in [-0.39, 0.29) is 0 Å². The van der Waals surface area contributed by atoms with E-state index in [1.165, 1.54) is 0 Å². The minimum absolute atomic E-state index is 0.427. The lowest BCUT2D eigenvalue weighted by Crippen LogP contribution is -2.33. The van der Waals surface area contributed by atoms with Gasteiger partial charge in [0.05, 0.1) is 0 Å². The highest BCUT2D eigenvalue weighted by molar-refractivity contribution is 7.33. The Hall–Kier alpha value is -0.0600. The van der Waals surface area contributed by atoms with Crippen LogP contribution in [0.3, 0.4) is 0 Å². The first kappa shape index (κ1) is 23.9. The molecule has 0 aliphatic carbocycles. The SMILES string of the molecule is CCCCC(O)(CCCC)O[P+](=O)OC(O)(CCCC)CCCC. The molecule has 0 unspecified atom stereocenters. The lowest BCUT2D eigenvalue weighted by molar-refractivity contribution is -0.184. The molecule has 0 aromatic heterocycles. The first-order valence-corrected chi connectivity index (χ1v) is 10.7. The fourth-order valence-electron chi connectivity index (χ4n) is 2.54. The van der Waals surface area contributed by atoms with Crippen LogP contribution in [0.2, 0.25) is 0 Å². The third-order valence-corrected chi connectivity index (χ3v) is 5.15. The second-order valence-electron chi connectivity index (χ2n) is 6.71. The Kier molecular flexibility index (Phi) is 13.2. The van der Waals surface area contributed by atoms with Crippen LogP contribution in [0.1, 0.15) is 105 Å². The molecule has 24 heavy (non-hydrogen) atoms. The summed E-state index contributed by atoms with van der Waals surface area (Å²) in [6.45, 7) is 8.13. The summed E-state index contributed by atoms with van der Waals surface area (Å²) in [5, 5.41) is 21.3. The van der Waals surface area contributed by atoms with Gasteiger partial charge in [-0.3, -0.25) is 0 Å². The van der Waals surface area contributed by atoms with Crippen LogP contribution >= 0.6 is 8.25 Å². The molecular weight excluding hydrogens is 327 g/mol. The highest BCUT2D eigenvalue weighted by Gasteiger charge is 2.45. The summed E-state index contributed by atoms with van der Waals surface area (Å²) in [6, 6.07) is 0. The maximum absolute atomic E-state index is 12.3. The monoisotopic (exact) mass is 365 g/mol. The first-order valence-electron chi connectivity index (χ1n) is 9.65. The predicted octanol–water partition coefficient (Wildman–Crippen LogP) is 5.82. The van der Waals surface area contributed by atoms with E-state index in [2.05, 4.69) is 0 Å². The van der Waals surface area contributed by atoms with E-state index in [1.54, 1.807) is 0 Å². The van der Waals surface area contributed by atoms with Gasteiger partial charge in [0.25, 0.3) is 0 Å². The summed E-state index contributed by atoms with van der Waals surface area (Å²) in [4.78, 5) is 0. The van der Waals surface area contributed by atoms with E-state index < -0.39 is 19.8 Å². The van der Waals surface area contributed by atoms with Gasteiger partial charge in [0, 0.05) is 30.2 Å². The summed E-state index contributed by atoms with van der Waals surface area (Å²) >= 11 is 0. The molecule has 0 saturated carbocycles. The fraction of sp³-hybridized carbons (Fsp3) is 1.00. The second kappa shape index (κ2) is 13.2. The molecule has 0 fully saturated rings. The highest BCUT2D eigenvalue weighted by atomic mass is 31.1. The number of unbranched alkanes of at least 4 members (excludes halogenated alkanes) is 4. The lowest BCUT2D eigenvalue weighted by Gasteiger charge is -2.24. The maximum atomic E-state index is 12.3. The zero-order valence-electron chi connectivity index (χ0n) is 16.1. The minimum Gasteiger partial charge on any atom is -0.362 e. The van der Waals surface area contributed by atoms with Crippen LogP contribution in [-0.2, 0) is 13.6 Å². The Labute approximate surface area is 149 Å². The predicted molar refractivity (Wildman–Crippen MR) is 97.8 cm³/mol. The van der Waals surface area contributed by atoms with Gasteiger partial charge in [-0.1, -0.05) is 62.4 Å². The Morgan fingerprint density at radius 1 is 0.667 bits per heavy atom. The molecule has 6 heteroatoms. The first-order chi connectivity index (χ1) is 11.3. The quantitative estimate of drug-likeness (QED) is 0.266. The van der Waals surface area contributed by atoms with E-state index in [1.807, 2.05) is 27.7 Å². The molecule has 0 atom stereocenters. The van der Waals surface area contributed by atoms with Gasteiger partial charge in [-0.25, -0.2) is 0 Å². The van der Waals surface area contributed by atoms with Crippen molar-refractivity contribution in [2.75, 3.05) is 0 Å². The van der Waals surface area contributed by atoms with E-state index in [9.17, 15) is 14.8 Å². The molecule has 0 rings (SSSR count). The molecule has 0 aromatic rings. The van der Waals surface area contributed by atoms with Gasteiger partial charge in [-0.2, -0.15) is 0 Å². The smallest absolute Gasteiger partial charge is 0.362 e. The van der Waals surface area contributed by atoms with E-state index in [0.717, 1.165) is 51.4 Å².